The first kappa shape index (κ1) is 19.2. The lowest BCUT2D eigenvalue weighted by atomic mass is 9.70. The quantitative estimate of drug-likeness (QED) is 0.694. The number of rotatable bonds is 6. The third-order valence-electron chi connectivity index (χ3n) is 4.66. The van der Waals surface area contributed by atoms with E-state index >= 15 is 0 Å². The smallest absolute Gasteiger partial charge is 0.247 e. The Labute approximate surface area is 149 Å². The van der Waals surface area contributed by atoms with Crippen LogP contribution in [0.4, 0.5) is 5.69 Å². The number of carbonyl (C=O) groups excluding carboxylic acids is 2. The molecule has 0 spiro atoms. The van der Waals surface area contributed by atoms with Crippen molar-refractivity contribution >= 4 is 17.5 Å². The van der Waals surface area contributed by atoms with E-state index in [4.69, 9.17) is 0 Å². The fourth-order valence-corrected chi connectivity index (χ4v) is 3.58. The van der Waals surface area contributed by atoms with Gasteiger partial charge >= 0.3 is 0 Å². The number of aliphatic hydroxyl groups is 1. The second kappa shape index (κ2) is 7.83. The van der Waals surface area contributed by atoms with Gasteiger partial charge in [0.15, 0.2) is 0 Å². The Hall–Kier alpha value is -2.14. The minimum atomic E-state index is -0.822. The first-order valence-electron chi connectivity index (χ1n) is 8.73. The van der Waals surface area contributed by atoms with Crippen molar-refractivity contribution in [1.29, 1.82) is 0 Å². The van der Waals surface area contributed by atoms with E-state index in [9.17, 15) is 14.7 Å². The second-order valence-electron chi connectivity index (χ2n) is 7.77. The molecule has 2 amide bonds. The van der Waals surface area contributed by atoms with Crippen LogP contribution in [0.3, 0.4) is 0 Å². The zero-order chi connectivity index (χ0) is 18.5. The maximum Gasteiger partial charge on any atom is 0.247 e. The van der Waals surface area contributed by atoms with Crippen LogP contribution in [0.2, 0.25) is 0 Å². The van der Waals surface area contributed by atoms with Gasteiger partial charge in [-0.2, -0.15) is 0 Å². The van der Waals surface area contributed by atoms with Crippen molar-refractivity contribution in [2.75, 3.05) is 11.9 Å². The molecule has 0 heterocycles. The number of nitrogens with one attached hydrogen (secondary N) is 2. The normalized spacial score (nSPS) is 22.0. The van der Waals surface area contributed by atoms with Gasteiger partial charge in [0.05, 0.1) is 12.0 Å². The largest absolute Gasteiger partial charge is 0.388 e. The zero-order valence-electron chi connectivity index (χ0n) is 15.1. The molecule has 2 rings (SSSR count). The maximum absolute atomic E-state index is 12.2. The van der Waals surface area contributed by atoms with E-state index < -0.39 is 5.60 Å². The molecule has 5 heteroatoms. The van der Waals surface area contributed by atoms with E-state index in [0.29, 0.717) is 12.1 Å². The van der Waals surface area contributed by atoms with Crippen LogP contribution in [0.1, 0.15) is 45.1 Å². The molecule has 0 saturated heterocycles. The number of hydrogen-bond donors (Lipinski definition) is 3. The number of hydrogen-bond acceptors (Lipinski definition) is 3. The van der Waals surface area contributed by atoms with Gasteiger partial charge in [0, 0.05) is 12.2 Å². The van der Waals surface area contributed by atoms with Crippen LogP contribution in [0, 0.1) is 5.41 Å². The van der Waals surface area contributed by atoms with E-state index in [1.165, 1.54) is 6.08 Å². The van der Waals surface area contributed by atoms with Crippen molar-refractivity contribution in [3.05, 3.63) is 42.5 Å². The predicted molar refractivity (Wildman–Crippen MR) is 99.2 cm³/mol. The van der Waals surface area contributed by atoms with Crippen molar-refractivity contribution in [1.82, 2.24) is 5.32 Å². The first-order chi connectivity index (χ1) is 11.7. The van der Waals surface area contributed by atoms with Crippen LogP contribution >= 0.6 is 0 Å². The lowest BCUT2D eigenvalue weighted by molar-refractivity contribution is -0.122. The van der Waals surface area contributed by atoms with Crippen molar-refractivity contribution in [3.8, 4) is 0 Å². The Morgan fingerprint density at radius 2 is 2.08 bits per heavy atom. The molecule has 1 aliphatic carbocycles. The Kier molecular flexibility index (Phi) is 6.01. The van der Waals surface area contributed by atoms with Gasteiger partial charge in [0.1, 0.15) is 0 Å². The fourth-order valence-electron chi connectivity index (χ4n) is 3.58. The fraction of sp³-hybridized carbons (Fsp3) is 0.500. The van der Waals surface area contributed by atoms with Gasteiger partial charge in [-0.1, -0.05) is 32.6 Å². The third-order valence-corrected chi connectivity index (χ3v) is 4.66. The lowest BCUT2D eigenvalue weighted by Crippen LogP contribution is -2.48. The Balaban J connectivity index is 1.89. The molecule has 0 aromatic heterocycles. The molecule has 136 valence electrons. The molecule has 0 radical (unpaired) electrons. The molecule has 1 saturated carbocycles. The molecule has 1 unspecified atom stereocenters. The highest BCUT2D eigenvalue weighted by molar-refractivity contribution is 5.98. The van der Waals surface area contributed by atoms with E-state index in [0.717, 1.165) is 24.8 Å². The Morgan fingerprint density at radius 3 is 2.76 bits per heavy atom. The van der Waals surface area contributed by atoms with Crippen molar-refractivity contribution in [2.24, 2.45) is 5.41 Å². The van der Waals surface area contributed by atoms with Crippen molar-refractivity contribution < 1.29 is 14.7 Å². The summed E-state index contributed by atoms with van der Waals surface area (Å²) in [5.41, 5.74) is 0.713. The summed E-state index contributed by atoms with van der Waals surface area (Å²) in [5.74, 6) is -0.423. The van der Waals surface area contributed by atoms with Crippen LogP contribution in [0.15, 0.2) is 36.9 Å². The highest BCUT2D eigenvalue weighted by atomic mass is 16.3. The summed E-state index contributed by atoms with van der Waals surface area (Å²) in [5, 5.41) is 16.3. The van der Waals surface area contributed by atoms with Gasteiger partial charge in [0.2, 0.25) is 11.8 Å². The van der Waals surface area contributed by atoms with Crippen molar-refractivity contribution in [2.45, 2.75) is 51.6 Å². The Bertz CT molecular complexity index is 654. The van der Waals surface area contributed by atoms with E-state index in [-0.39, 0.29) is 30.2 Å². The topological polar surface area (TPSA) is 78.4 Å². The summed E-state index contributed by atoms with van der Waals surface area (Å²) in [6.07, 6.45) is 4.91. The number of carbonyl (C=O) groups is 2. The molecule has 1 fully saturated rings. The molecule has 1 aliphatic rings. The summed E-state index contributed by atoms with van der Waals surface area (Å²) < 4.78 is 0. The minimum absolute atomic E-state index is 0.107. The van der Waals surface area contributed by atoms with Crippen LogP contribution in [0.5, 0.6) is 0 Å². The van der Waals surface area contributed by atoms with Crippen LogP contribution in [0.25, 0.3) is 0 Å². The van der Waals surface area contributed by atoms with Gasteiger partial charge in [-0.3, -0.25) is 9.59 Å². The summed E-state index contributed by atoms with van der Waals surface area (Å²) in [7, 11) is 0. The van der Waals surface area contributed by atoms with Crippen LogP contribution < -0.4 is 10.6 Å². The number of anilines is 1. The molecule has 1 aromatic carbocycles. The highest BCUT2D eigenvalue weighted by Crippen LogP contribution is 2.40. The van der Waals surface area contributed by atoms with Crippen LogP contribution in [-0.2, 0) is 16.0 Å². The summed E-state index contributed by atoms with van der Waals surface area (Å²) in [6, 6.07) is 7.15. The summed E-state index contributed by atoms with van der Waals surface area (Å²) in [4.78, 5) is 23.6. The molecule has 3 N–H and O–H groups in total. The average molecular weight is 344 g/mol. The molecular weight excluding hydrogens is 316 g/mol. The third kappa shape index (κ3) is 6.02. The molecule has 1 atom stereocenters. The van der Waals surface area contributed by atoms with E-state index in [1.54, 1.807) is 18.2 Å². The zero-order valence-corrected chi connectivity index (χ0v) is 15.1. The van der Waals surface area contributed by atoms with Gasteiger partial charge < -0.3 is 15.7 Å². The van der Waals surface area contributed by atoms with E-state index in [2.05, 4.69) is 31.1 Å². The number of benzene rings is 1. The minimum Gasteiger partial charge on any atom is -0.388 e. The van der Waals surface area contributed by atoms with Gasteiger partial charge in [-0.05, 0) is 54.9 Å². The standard InChI is InChI=1S/C20H28N2O3/c1-4-17(23)22-16-8-5-7-15(11-16)12-18(24)21-14-20(25)10-6-9-19(2,3)13-20/h4-5,7-8,11,25H,1,6,9-10,12-14H2,2-3H3,(H,21,24)(H,22,23). The first-order valence-corrected chi connectivity index (χ1v) is 8.73. The van der Waals surface area contributed by atoms with Crippen molar-refractivity contribution in [3.63, 3.8) is 0 Å². The molecule has 5 nitrogen and oxygen atoms in total. The molecule has 1 aromatic rings. The number of amides is 2. The van der Waals surface area contributed by atoms with Gasteiger partial charge in [-0.25, -0.2) is 0 Å². The van der Waals surface area contributed by atoms with E-state index in [1.807, 2.05) is 6.07 Å². The molecular formula is C20H28N2O3. The second-order valence-corrected chi connectivity index (χ2v) is 7.77. The molecule has 0 aliphatic heterocycles. The van der Waals surface area contributed by atoms with Gasteiger partial charge in [0.25, 0.3) is 0 Å². The summed E-state index contributed by atoms with van der Waals surface area (Å²) in [6.45, 7) is 8.00. The highest BCUT2D eigenvalue weighted by Gasteiger charge is 2.38. The predicted octanol–water partition coefficient (Wildman–Crippen LogP) is 2.80. The Morgan fingerprint density at radius 1 is 1.32 bits per heavy atom. The lowest BCUT2D eigenvalue weighted by Gasteiger charge is -2.41. The SMILES string of the molecule is C=CC(=O)Nc1cccc(CC(=O)NCC2(O)CCCC(C)(C)C2)c1. The van der Waals surface area contributed by atoms with Gasteiger partial charge in [-0.15, -0.1) is 0 Å². The monoisotopic (exact) mass is 344 g/mol. The summed E-state index contributed by atoms with van der Waals surface area (Å²) >= 11 is 0. The van der Waals surface area contributed by atoms with Crippen LogP contribution in [-0.4, -0.2) is 29.1 Å². The average Bonchev–Trinajstić information content (AvgIpc) is 2.52. The molecule has 0 bridgehead atoms. The molecule has 25 heavy (non-hydrogen) atoms. The maximum atomic E-state index is 12.2.